The molecule has 7 nitrogen and oxygen atoms in total. The zero-order chi connectivity index (χ0) is 14.0. The number of amides is 2. The Morgan fingerprint density at radius 3 is 2.79 bits per heavy atom. The van der Waals surface area contributed by atoms with Crippen LogP contribution in [-0.4, -0.2) is 23.3 Å². The Labute approximate surface area is 116 Å². The summed E-state index contributed by atoms with van der Waals surface area (Å²) in [6, 6.07) is 4.07. The molecular formula is C11H10BrN3O4. The van der Waals surface area contributed by atoms with Crippen LogP contribution < -0.4 is 10.6 Å². The van der Waals surface area contributed by atoms with E-state index in [0.29, 0.717) is 16.7 Å². The second kappa shape index (κ2) is 5.35. The number of hydrogen-bond acceptors (Lipinski definition) is 4. The van der Waals surface area contributed by atoms with Crippen LogP contribution in [0.5, 0.6) is 0 Å². The minimum atomic E-state index is -0.518. The molecule has 1 aliphatic heterocycles. The molecule has 0 bridgehead atoms. The minimum Gasteiger partial charge on any atom is -0.355 e. The first-order chi connectivity index (χ1) is 8.97. The highest BCUT2D eigenvalue weighted by Gasteiger charge is 2.28. The van der Waals surface area contributed by atoms with Crippen LogP contribution in [0.4, 0.5) is 11.4 Å². The molecule has 1 fully saturated rings. The van der Waals surface area contributed by atoms with Gasteiger partial charge >= 0.3 is 0 Å². The van der Waals surface area contributed by atoms with E-state index in [4.69, 9.17) is 0 Å². The molecule has 1 aliphatic rings. The van der Waals surface area contributed by atoms with Crippen LogP contribution in [0.15, 0.2) is 22.7 Å². The van der Waals surface area contributed by atoms with Crippen molar-refractivity contribution in [3.8, 4) is 0 Å². The third-order valence-corrected chi connectivity index (χ3v) is 3.43. The van der Waals surface area contributed by atoms with E-state index in [1.165, 1.54) is 18.2 Å². The second-order valence-electron chi connectivity index (χ2n) is 4.12. The number of rotatable bonds is 3. The maximum absolute atomic E-state index is 11.9. The topological polar surface area (TPSA) is 101 Å². The number of nitro benzene ring substituents is 1. The number of nitro groups is 1. The van der Waals surface area contributed by atoms with Gasteiger partial charge in [-0.25, -0.2) is 0 Å². The van der Waals surface area contributed by atoms with Crippen LogP contribution in [0.1, 0.15) is 6.42 Å². The lowest BCUT2D eigenvalue weighted by Gasteiger charge is -2.10. The smallest absolute Gasteiger partial charge is 0.270 e. The van der Waals surface area contributed by atoms with Crippen LogP contribution in [-0.2, 0) is 9.59 Å². The van der Waals surface area contributed by atoms with Gasteiger partial charge in [0.15, 0.2) is 0 Å². The molecule has 2 N–H and O–H groups in total. The highest BCUT2D eigenvalue weighted by molar-refractivity contribution is 9.10. The van der Waals surface area contributed by atoms with Gasteiger partial charge < -0.3 is 10.6 Å². The maximum atomic E-state index is 11.9. The van der Waals surface area contributed by atoms with Gasteiger partial charge in [0.05, 0.1) is 16.5 Å². The molecule has 0 radical (unpaired) electrons. The fourth-order valence-corrected chi connectivity index (χ4v) is 2.21. The quantitative estimate of drug-likeness (QED) is 0.647. The van der Waals surface area contributed by atoms with Crippen LogP contribution in [0.25, 0.3) is 0 Å². The van der Waals surface area contributed by atoms with Crippen molar-refractivity contribution in [2.24, 2.45) is 5.92 Å². The Hall–Kier alpha value is -1.96. The van der Waals surface area contributed by atoms with Crippen molar-refractivity contribution in [2.75, 3.05) is 11.9 Å². The zero-order valence-corrected chi connectivity index (χ0v) is 11.3. The fraction of sp³-hybridized carbons (Fsp3) is 0.273. The first-order valence-electron chi connectivity index (χ1n) is 5.49. The Kier molecular flexibility index (Phi) is 3.79. The van der Waals surface area contributed by atoms with E-state index in [1.807, 2.05) is 0 Å². The van der Waals surface area contributed by atoms with Gasteiger partial charge in [-0.05, 0) is 22.0 Å². The molecule has 1 saturated heterocycles. The number of nitrogens with zero attached hydrogens (tertiary/aromatic N) is 1. The maximum Gasteiger partial charge on any atom is 0.270 e. The molecule has 100 valence electrons. The molecule has 1 heterocycles. The summed E-state index contributed by atoms with van der Waals surface area (Å²) < 4.78 is 0.423. The molecule has 19 heavy (non-hydrogen) atoms. The predicted octanol–water partition coefficient (Wildman–Crippen LogP) is 1.43. The lowest BCUT2D eigenvalue weighted by molar-refractivity contribution is -0.384. The van der Waals surface area contributed by atoms with Gasteiger partial charge in [-0.2, -0.15) is 0 Å². The highest BCUT2D eigenvalue weighted by atomic mass is 79.9. The Morgan fingerprint density at radius 2 is 2.26 bits per heavy atom. The molecular weight excluding hydrogens is 318 g/mol. The van der Waals surface area contributed by atoms with Gasteiger partial charge in [0.2, 0.25) is 11.8 Å². The largest absolute Gasteiger partial charge is 0.355 e. The molecule has 2 amide bonds. The molecule has 0 spiro atoms. The van der Waals surface area contributed by atoms with Crippen LogP contribution in [0.3, 0.4) is 0 Å². The van der Waals surface area contributed by atoms with E-state index < -0.39 is 10.8 Å². The van der Waals surface area contributed by atoms with Crippen molar-refractivity contribution in [1.82, 2.24) is 5.32 Å². The third-order valence-electron chi connectivity index (χ3n) is 2.77. The highest BCUT2D eigenvalue weighted by Crippen LogP contribution is 2.27. The van der Waals surface area contributed by atoms with Crippen molar-refractivity contribution in [2.45, 2.75) is 6.42 Å². The summed E-state index contributed by atoms with van der Waals surface area (Å²) in [4.78, 5) is 33.0. The fourth-order valence-electron chi connectivity index (χ4n) is 1.74. The Balaban J connectivity index is 2.09. The standard InChI is InChI=1S/C11H10BrN3O4/c12-8-4-7(15(18)19)1-2-9(8)14-11(17)6-3-10(16)13-5-6/h1-2,4,6H,3,5H2,(H,13,16)(H,14,17). The van der Waals surface area contributed by atoms with E-state index in [-0.39, 0.29) is 23.9 Å². The predicted molar refractivity (Wildman–Crippen MR) is 70.5 cm³/mol. The second-order valence-corrected chi connectivity index (χ2v) is 4.97. The van der Waals surface area contributed by atoms with Crippen LogP contribution in [0, 0.1) is 16.0 Å². The lowest BCUT2D eigenvalue weighted by Crippen LogP contribution is -2.24. The van der Waals surface area contributed by atoms with Crippen molar-refractivity contribution < 1.29 is 14.5 Å². The number of carbonyl (C=O) groups excluding carboxylic acids is 2. The molecule has 0 aliphatic carbocycles. The third kappa shape index (κ3) is 3.08. The number of hydrogen-bond donors (Lipinski definition) is 2. The molecule has 1 aromatic rings. The molecule has 0 aromatic heterocycles. The summed E-state index contributed by atoms with van der Waals surface area (Å²) in [5.74, 6) is -0.842. The molecule has 2 rings (SSSR count). The van der Waals surface area contributed by atoms with Crippen LogP contribution in [0.2, 0.25) is 0 Å². The average molecular weight is 328 g/mol. The monoisotopic (exact) mass is 327 g/mol. The number of anilines is 1. The summed E-state index contributed by atoms with van der Waals surface area (Å²) >= 11 is 3.16. The Morgan fingerprint density at radius 1 is 1.53 bits per heavy atom. The number of non-ortho nitro benzene ring substituents is 1. The molecule has 1 atom stereocenters. The molecule has 1 aromatic carbocycles. The van der Waals surface area contributed by atoms with E-state index in [0.717, 1.165) is 0 Å². The van der Waals surface area contributed by atoms with Crippen molar-refractivity contribution in [3.05, 3.63) is 32.8 Å². The van der Waals surface area contributed by atoms with Crippen LogP contribution >= 0.6 is 15.9 Å². The van der Waals surface area contributed by atoms with E-state index in [1.54, 1.807) is 0 Å². The minimum absolute atomic E-state index is 0.0671. The summed E-state index contributed by atoms with van der Waals surface area (Å²) in [6.07, 6.45) is 0.163. The summed E-state index contributed by atoms with van der Waals surface area (Å²) in [5.41, 5.74) is 0.373. The van der Waals surface area contributed by atoms with Gasteiger partial charge in [0.25, 0.3) is 5.69 Å². The summed E-state index contributed by atoms with van der Waals surface area (Å²) in [7, 11) is 0. The van der Waals surface area contributed by atoms with Gasteiger partial charge in [-0.1, -0.05) is 0 Å². The average Bonchev–Trinajstić information content (AvgIpc) is 2.78. The van der Waals surface area contributed by atoms with Crippen molar-refractivity contribution in [3.63, 3.8) is 0 Å². The van der Waals surface area contributed by atoms with E-state index in [2.05, 4.69) is 26.6 Å². The SMILES string of the molecule is O=C1CC(C(=O)Nc2ccc([N+](=O)[O-])cc2Br)CN1. The molecule has 0 saturated carbocycles. The summed E-state index contributed by atoms with van der Waals surface area (Å²) in [5, 5.41) is 15.8. The number of benzene rings is 1. The van der Waals surface area contributed by atoms with Gasteiger partial charge in [0.1, 0.15) is 0 Å². The van der Waals surface area contributed by atoms with Crippen molar-refractivity contribution >= 4 is 39.1 Å². The van der Waals surface area contributed by atoms with E-state index in [9.17, 15) is 19.7 Å². The van der Waals surface area contributed by atoms with Gasteiger partial charge in [-0.3, -0.25) is 19.7 Å². The normalized spacial score (nSPS) is 17.9. The number of carbonyl (C=O) groups is 2. The van der Waals surface area contributed by atoms with Gasteiger partial charge in [-0.15, -0.1) is 0 Å². The molecule has 8 heteroatoms. The first kappa shape index (κ1) is 13.5. The lowest BCUT2D eigenvalue weighted by atomic mass is 10.1. The van der Waals surface area contributed by atoms with Crippen molar-refractivity contribution in [1.29, 1.82) is 0 Å². The zero-order valence-electron chi connectivity index (χ0n) is 9.68. The van der Waals surface area contributed by atoms with E-state index >= 15 is 0 Å². The molecule has 1 unspecified atom stereocenters. The number of halogens is 1. The van der Waals surface area contributed by atoms with Gasteiger partial charge in [0, 0.05) is 29.6 Å². The first-order valence-corrected chi connectivity index (χ1v) is 6.28. The Bertz CT molecular complexity index is 561. The summed E-state index contributed by atoms with van der Waals surface area (Å²) in [6.45, 7) is 0.315. The number of nitrogens with one attached hydrogen (secondary N) is 2.